The summed E-state index contributed by atoms with van der Waals surface area (Å²) in [5.74, 6) is 0.321. The van der Waals surface area contributed by atoms with E-state index in [0.29, 0.717) is 17.5 Å². The van der Waals surface area contributed by atoms with Crippen LogP contribution in [0.15, 0.2) is 54.9 Å². The standard InChI is InChI=1S/C19H18F3N5O/c1-12(2)24-18-26-15(13-7-9-23-10-8-13)11-17(27-18)25-14-5-3-4-6-16(14)28-19(20,21)22/h3-12H,1-2H3,(H2,24,25,26,27). The first-order valence-corrected chi connectivity index (χ1v) is 8.48. The Bertz CT molecular complexity index is 932. The van der Waals surface area contributed by atoms with Crippen LogP contribution in [-0.4, -0.2) is 27.4 Å². The van der Waals surface area contributed by atoms with E-state index < -0.39 is 6.36 Å². The number of alkyl halides is 3. The summed E-state index contributed by atoms with van der Waals surface area (Å²) in [6.07, 6.45) is -1.53. The van der Waals surface area contributed by atoms with Crippen LogP contribution in [0, 0.1) is 0 Å². The lowest BCUT2D eigenvalue weighted by molar-refractivity contribution is -0.274. The number of para-hydroxylation sites is 2. The lowest BCUT2D eigenvalue weighted by Gasteiger charge is -2.16. The van der Waals surface area contributed by atoms with Crippen molar-refractivity contribution < 1.29 is 17.9 Å². The predicted octanol–water partition coefficient (Wildman–Crippen LogP) is 5.00. The van der Waals surface area contributed by atoms with Crippen molar-refractivity contribution in [1.29, 1.82) is 0 Å². The zero-order valence-electron chi connectivity index (χ0n) is 15.2. The van der Waals surface area contributed by atoms with Crippen LogP contribution >= 0.6 is 0 Å². The molecule has 0 aliphatic heterocycles. The highest BCUT2D eigenvalue weighted by molar-refractivity contribution is 5.69. The van der Waals surface area contributed by atoms with Crippen molar-refractivity contribution in [2.24, 2.45) is 0 Å². The van der Waals surface area contributed by atoms with E-state index >= 15 is 0 Å². The maximum Gasteiger partial charge on any atom is 0.573 e. The summed E-state index contributed by atoms with van der Waals surface area (Å²) in [6, 6.07) is 11.0. The highest BCUT2D eigenvalue weighted by Crippen LogP contribution is 2.32. The average molecular weight is 389 g/mol. The van der Waals surface area contributed by atoms with Crippen molar-refractivity contribution in [3.8, 4) is 17.0 Å². The topological polar surface area (TPSA) is 72.0 Å². The van der Waals surface area contributed by atoms with Gasteiger partial charge in [-0.05, 0) is 38.1 Å². The molecule has 2 N–H and O–H groups in total. The van der Waals surface area contributed by atoms with Gasteiger partial charge in [0, 0.05) is 30.1 Å². The minimum atomic E-state index is -4.80. The summed E-state index contributed by atoms with van der Waals surface area (Å²) in [7, 11) is 0. The Kier molecular flexibility index (Phi) is 5.62. The van der Waals surface area contributed by atoms with Crippen molar-refractivity contribution in [2.45, 2.75) is 26.3 Å². The lowest BCUT2D eigenvalue weighted by atomic mass is 10.2. The van der Waals surface area contributed by atoms with Gasteiger partial charge in [0.1, 0.15) is 5.82 Å². The van der Waals surface area contributed by atoms with E-state index in [4.69, 9.17) is 0 Å². The molecule has 3 rings (SSSR count). The highest BCUT2D eigenvalue weighted by atomic mass is 19.4. The number of hydrogen-bond donors (Lipinski definition) is 2. The van der Waals surface area contributed by atoms with Gasteiger partial charge < -0.3 is 15.4 Å². The van der Waals surface area contributed by atoms with Crippen molar-refractivity contribution >= 4 is 17.5 Å². The molecule has 0 atom stereocenters. The van der Waals surface area contributed by atoms with E-state index in [1.165, 1.54) is 18.2 Å². The first-order valence-electron chi connectivity index (χ1n) is 8.48. The summed E-state index contributed by atoms with van der Waals surface area (Å²) in [5, 5.41) is 5.99. The third kappa shape index (κ3) is 5.32. The van der Waals surface area contributed by atoms with E-state index in [0.717, 1.165) is 5.56 Å². The van der Waals surface area contributed by atoms with E-state index in [-0.39, 0.29) is 17.5 Å². The van der Waals surface area contributed by atoms with Gasteiger partial charge in [0.05, 0.1) is 11.4 Å². The Labute approximate surface area is 159 Å². The van der Waals surface area contributed by atoms with Gasteiger partial charge in [-0.15, -0.1) is 13.2 Å². The molecular weight excluding hydrogens is 371 g/mol. The zero-order valence-corrected chi connectivity index (χ0v) is 15.2. The van der Waals surface area contributed by atoms with E-state index in [1.807, 2.05) is 13.8 Å². The third-order valence-corrected chi connectivity index (χ3v) is 3.50. The molecule has 1 aromatic carbocycles. The Morgan fingerprint density at radius 3 is 2.39 bits per heavy atom. The van der Waals surface area contributed by atoms with Crippen LogP contribution in [0.1, 0.15) is 13.8 Å². The van der Waals surface area contributed by atoms with Gasteiger partial charge in [0.25, 0.3) is 0 Å². The quantitative estimate of drug-likeness (QED) is 0.618. The molecule has 28 heavy (non-hydrogen) atoms. The molecule has 9 heteroatoms. The van der Waals surface area contributed by atoms with Gasteiger partial charge in [0.2, 0.25) is 5.95 Å². The molecule has 0 bridgehead atoms. The molecule has 0 radical (unpaired) electrons. The normalized spacial score (nSPS) is 11.4. The van der Waals surface area contributed by atoms with E-state index in [1.54, 1.807) is 36.7 Å². The van der Waals surface area contributed by atoms with Gasteiger partial charge >= 0.3 is 6.36 Å². The number of aromatic nitrogens is 3. The lowest BCUT2D eigenvalue weighted by Crippen LogP contribution is -2.18. The smallest absolute Gasteiger partial charge is 0.404 e. The average Bonchev–Trinajstić information content (AvgIpc) is 2.62. The minimum Gasteiger partial charge on any atom is -0.404 e. The summed E-state index contributed by atoms with van der Waals surface area (Å²) in [6.45, 7) is 3.87. The number of benzene rings is 1. The van der Waals surface area contributed by atoms with Crippen LogP contribution in [0.2, 0.25) is 0 Å². The van der Waals surface area contributed by atoms with Crippen LogP contribution in [0.25, 0.3) is 11.3 Å². The number of ether oxygens (including phenoxy) is 1. The molecular formula is C19H18F3N5O. The van der Waals surface area contributed by atoms with Crippen molar-refractivity contribution in [2.75, 3.05) is 10.6 Å². The summed E-state index contributed by atoms with van der Waals surface area (Å²) in [5.41, 5.74) is 1.53. The SMILES string of the molecule is CC(C)Nc1nc(Nc2ccccc2OC(F)(F)F)cc(-c2ccncc2)n1. The molecule has 0 spiro atoms. The molecule has 0 fully saturated rings. The Morgan fingerprint density at radius 2 is 1.71 bits per heavy atom. The number of pyridine rings is 1. The largest absolute Gasteiger partial charge is 0.573 e. The first-order chi connectivity index (χ1) is 13.3. The molecule has 3 aromatic rings. The van der Waals surface area contributed by atoms with Gasteiger partial charge in [-0.1, -0.05) is 12.1 Å². The van der Waals surface area contributed by atoms with Crippen LogP contribution in [0.5, 0.6) is 5.75 Å². The van der Waals surface area contributed by atoms with Gasteiger partial charge in [0.15, 0.2) is 5.75 Å². The molecule has 6 nitrogen and oxygen atoms in total. The van der Waals surface area contributed by atoms with Crippen LogP contribution < -0.4 is 15.4 Å². The number of hydrogen-bond acceptors (Lipinski definition) is 6. The molecule has 2 aromatic heterocycles. The summed E-state index contributed by atoms with van der Waals surface area (Å²) < 4.78 is 42.1. The fourth-order valence-corrected chi connectivity index (χ4v) is 2.43. The third-order valence-electron chi connectivity index (χ3n) is 3.50. The molecule has 0 unspecified atom stereocenters. The Balaban J connectivity index is 1.98. The molecule has 2 heterocycles. The zero-order chi connectivity index (χ0) is 20.1. The molecule has 146 valence electrons. The van der Waals surface area contributed by atoms with Crippen LogP contribution in [-0.2, 0) is 0 Å². The molecule has 0 aliphatic rings. The molecule has 0 saturated heterocycles. The fourth-order valence-electron chi connectivity index (χ4n) is 2.43. The van der Waals surface area contributed by atoms with E-state index in [9.17, 15) is 13.2 Å². The minimum absolute atomic E-state index is 0.0707. The number of nitrogens with zero attached hydrogens (tertiary/aromatic N) is 3. The summed E-state index contributed by atoms with van der Waals surface area (Å²) in [4.78, 5) is 12.8. The second-order valence-corrected chi connectivity index (χ2v) is 6.17. The second kappa shape index (κ2) is 8.12. The predicted molar refractivity (Wildman–Crippen MR) is 100 cm³/mol. The Morgan fingerprint density at radius 1 is 1.00 bits per heavy atom. The number of halogens is 3. The van der Waals surface area contributed by atoms with Crippen molar-refractivity contribution in [3.05, 3.63) is 54.9 Å². The van der Waals surface area contributed by atoms with Crippen LogP contribution in [0.3, 0.4) is 0 Å². The van der Waals surface area contributed by atoms with Crippen LogP contribution in [0.4, 0.5) is 30.6 Å². The van der Waals surface area contributed by atoms with Gasteiger partial charge in [-0.2, -0.15) is 4.98 Å². The number of anilines is 3. The molecule has 0 aliphatic carbocycles. The first kappa shape index (κ1) is 19.4. The maximum atomic E-state index is 12.7. The number of rotatable bonds is 6. The Hall–Kier alpha value is -3.36. The van der Waals surface area contributed by atoms with Gasteiger partial charge in [-0.3, -0.25) is 4.98 Å². The fraction of sp³-hybridized carbons (Fsp3) is 0.211. The van der Waals surface area contributed by atoms with Gasteiger partial charge in [-0.25, -0.2) is 4.98 Å². The highest BCUT2D eigenvalue weighted by Gasteiger charge is 2.32. The summed E-state index contributed by atoms with van der Waals surface area (Å²) >= 11 is 0. The maximum absolute atomic E-state index is 12.7. The van der Waals surface area contributed by atoms with Crippen molar-refractivity contribution in [1.82, 2.24) is 15.0 Å². The van der Waals surface area contributed by atoms with E-state index in [2.05, 4.69) is 30.3 Å². The monoisotopic (exact) mass is 389 g/mol. The number of nitrogens with one attached hydrogen (secondary N) is 2. The molecule has 0 amide bonds. The van der Waals surface area contributed by atoms with Crippen molar-refractivity contribution in [3.63, 3.8) is 0 Å². The second-order valence-electron chi connectivity index (χ2n) is 6.17. The molecule has 0 saturated carbocycles.